The average molecular weight is 363 g/mol. The molecule has 1 aliphatic heterocycles. The topological polar surface area (TPSA) is 73.2 Å². The van der Waals surface area contributed by atoms with Gasteiger partial charge in [-0.15, -0.1) is 0 Å². The van der Waals surface area contributed by atoms with Gasteiger partial charge >= 0.3 is 0 Å². The number of hydrogen-bond donors (Lipinski definition) is 1. The molecule has 1 aromatic heterocycles. The van der Waals surface area contributed by atoms with E-state index in [1.54, 1.807) is 6.07 Å². The summed E-state index contributed by atoms with van der Waals surface area (Å²) in [5.41, 5.74) is 1.51. The van der Waals surface area contributed by atoms with Crippen LogP contribution in [0.4, 0.5) is 0 Å². The van der Waals surface area contributed by atoms with Crippen LogP contribution in [0.1, 0.15) is 50.8 Å². The lowest BCUT2D eigenvalue weighted by atomic mass is 9.90. The van der Waals surface area contributed by atoms with Crippen molar-refractivity contribution in [1.82, 2.24) is 14.5 Å². The smallest absolute Gasteiger partial charge is 0.258 e. The third-order valence-corrected chi connectivity index (χ3v) is 5.80. The summed E-state index contributed by atoms with van der Waals surface area (Å²) < 4.78 is 36.3. The quantitative estimate of drug-likeness (QED) is 0.885. The highest BCUT2D eigenvalue weighted by molar-refractivity contribution is 7.89. The minimum atomic E-state index is -3.68. The predicted molar refractivity (Wildman–Crippen MR) is 96.1 cm³/mol. The van der Waals surface area contributed by atoms with Crippen LogP contribution in [0.15, 0.2) is 35.5 Å². The van der Waals surface area contributed by atoms with Crippen LogP contribution >= 0.6 is 0 Å². The molecule has 1 aliphatic rings. The number of aryl methyl sites for hydroxylation is 2. The maximum absolute atomic E-state index is 12.9. The van der Waals surface area contributed by atoms with Crippen LogP contribution in [0.5, 0.6) is 5.75 Å². The van der Waals surface area contributed by atoms with Gasteiger partial charge in [0, 0.05) is 18.5 Å². The highest BCUT2D eigenvalue weighted by Crippen LogP contribution is 2.40. The average Bonchev–Trinajstić information content (AvgIpc) is 2.94. The molecule has 7 heteroatoms. The molecule has 0 saturated carbocycles. The van der Waals surface area contributed by atoms with Gasteiger partial charge in [-0.05, 0) is 44.9 Å². The van der Waals surface area contributed by atoms with E-state index in [-0.39, 0.29) is 11.1 Å². The molecule has 0 saturated heterocycles. The molecule has 1 atom stereocenters. The van der Waals surface area contributed by atoms with Crippen LogP contribution in [0.25, 0.3) is 0 Å². The Morgan fingerprint density at radius 1 is 1.36 bits per heavy atom. The molecule has 0 aliphatic carbocycles. The minimum absolute atomic E-state index is 0.201. The second kappa shape index (κ2) is 6.46. The fraction of sp³-hybridized carbons (Fsp3) is 0.500. The van der Waals surface area contributed by atoms with Crippen molar-refractivity contribution >= 4 is 10.0 Å². The molecule has 0 amide bonds. The van der Waals surface area contributed by atoms with E-state index in [0.29, 0.717) is 13.0 Å². The van der Waals surface area contributed by atoms with E-state index in [1.165, 1.54) is 10.9 Å². The third kappa shape index (κ3) is 3.72. The number of sulfonamides is 1. The lowest BCUT2D eigenvalue weighted by Crippen LogP contribution is -2.41. The maximum Gasteiger partial charge on any atom is 0.258 e. The number of fused-ring (bicyclic) bond motifs is 1. The van der Waals surface area contributed by atoms with Crippen molar-refractivity contribution in [2.75, 3.05) is 0 Å². The summed E-state index contributed by atoms with van der Waals surface area (Å²) in [7, 11) is -3.68. The number of nitrogens with one attached hydrogen (secondary N) is 1. The van der Waals surface area contributed by atoms with Crippen molar-refractivity contribution in [3.8, 4) is 5.75 Å². The predicted octanol–water partition coefficient (Wildman–Crippen LogP) is 3.18. The number of aromatic nitrogens is 2. The van der Waals surface area contributed by atoms with E-state index in [4.69, 9.17) is 4.74 Å². The lowest BCUT2D eigenvalue weighted by molar-refractivity contribution is 0.0701. The second-order valence-corrected chi connectivity index (χ2v) is 8.83. The van der Waals surface area contributed by atoms with E-state index in [9.17, 15) is 8.42 Å². The molecule has 0 radical (unpaired) electrons. The highest BCUT2D eigenvalue weighted by atomic mass is 32.2. The van der Waals surface area contributed by atoms with Crippen molar-refractivity contribution in [2.45, 2.75) is 63.8 Å². The summed E-state index contributed by atoms with van der Waals surface area (Å²) in [5.74, 6) is 0.742. The first kappa shape index (κ1) is 17.9. The number of hydrogen-bond acceptors (Lipinski definition) is 4. The largest absolute Gasteiger partial charge is 0.487 e. The number of rotatable bonds is 5. The SMILES string of the molecule is CCCn1nccc1S(=O)(=O)NC1CC(C)(C)Oc2cc(C)ccc21. The Morgan fingerprint density at radius 2 is 2.12 bits per heavy atom. The summed E-state index contributed by atoms with van der Waals surface area (Å²) in [6.45, 7) is 8.50. The van der Waals surface area contributed by atoms with Gasteiger partial charge in [-0.2, -0.15) is 5.10 Å². The van der Waals surface area contributed by atoms with E-state index in [2.05, 4.69) is 9.82 Å². The first-order valence-electron chi connectivity index (χ1n) is 8.55. The fourth-order valence-corrected chi connectivity index (χ4v) is 4.60. The molecule has 1 aromatic carbocycles. The van der Waals surface area contributed by atoms with Gasteiger partial charge in [0.25, 0.3) is 10.0 Å². The Morgan fingerprint density at radius 3 is 2.84 bits per heavy atom. The van der Waals surface area contributed by atoms with Crippen molar-refractivity contribution in [3.05, 3.63) is 41.6 Å². The molecular weight excluding hydrogens is 338 g/mol. The first-order chi connectivity index (χ1) is 11.7. The monoisotopic (exact) mass is 363 g/mol. The van der Waals surface area contributed by atoms with Gasteiger partial charge in [0.1, 0.15) is 11.4 Å². The molecule has 2 heterocycles. The van der Waals surface area contributed by atoms with E-state index in [0.717, 1.165) is 23.3 Å². The summed E-state index contributed by atoms with van der Waals surface area (Å²) in [6, 6.07) is 7.08. The molecule has 1 unspecified atom stereocenters. The molecule has 2 aromatic rings. The summed E-state index contributed by atoms with van der Waals surface area (Å²) in [4.78, 5) is 0. The molecule has 25 heavy (non-hydrogen) atoms. The Bertz CT molecular complexity index is 871. The Balaban J connectivity index is 1.95. The van der Waals surface area contributed by atoms with Gasteiger partial charge in [-0.1, -0.05) is 19.1 Å². The number of benzene rings is 1. The van der Waals surface area contributed by atoms with E-state index in [1.807, 2.05) is 45.9 Å². The Hall–Kier alpha value is -1.86. The van der Waals surface area contributed by atoms with Crippen LogP contribution < -0.4 is 9.46 Å². The molecule has 3 rings (SSSR count). The molecule has 1 N–H and O–H groups in total. The standard InChI is InChI=1S/C18H25N3O3S/c1-5-10-21-17(8-9-19-21)25(22,23)20-15-12-18(3,4)24-16-11-13(2)6-7-14(15)16/h6-9,11,15,20H,5,10,12H2,1-4H3. The number of ether oxygens (including phenoxy) is 1. The van der Waals surface area contributed by atoms with Crippen LogP contribution in [0.2, 0.25) is 0 Å². The maximum atomic E-state index is 12.9. The zero-order valence-electron chi connectivity index (χ0n) is 15.1. The van der Waals surface area contributed by atoms with Gasteiger partial charge in [0.05, 0.1) is 12.2 Å². The first-order valence-corrected chi connectivity index (χ1v) is 10.0. The Labute approximate surface area is 149 Å². The van der Waals surface area contributed by atoms with Gasteiger partial charge < -0.3 is 4.74 Å². The fourth-order valence-electron chi connectivity index (χ4n) is 3.24. The molecule has 0 spiro atoms. The van der Waals surface area contributed by atoms with Crippen molar-refractivity contribution in [1.29, 1.82) is 0 Å². The van der Waals surface area contributed by atoms with Crippen molar-refractivity contribution in [2.24, 2.45) is 0 Å². The summed E-state index contributed by atoms with van der Waals surface area (Å²) in [6.07, 6.45) is 2.90. The minimum Gasteiger partial charge on any atom is -0.487 e. The van der Waals surface area contributed by atoms with Crippen molar-refractivity contribution in [3.63, 3.8) is 0 Å². The molecule has 0 fully saturated rings. The van der Waals surface area contributed by atoms with Crippen molar-refractivity contribution < 1.29 is 13.2 Å². The van der Waals surface area contributed by atoms with Gasteiger partial charge in [0.15, 0.2) is 5.03 Å². The normalized spacial score (nSPS) is 19.3. The number of nitrogens with zero attached hydrogens (tertiary/aromatic N) is 2. The van der Waals surface area contributed by atoms with Crippen LogP contribution in [-0.2, 0) is 16.6 Å². The van der Waals surface area contributed by atoms with Crippen LogP contribution in [0, 0.1) is 6.92 Å². The van der Waals surface area contributed by atoms with Gasteiger partial charge in [-0.3, -0.25) is 4.68 Å². The summed E-state index contributed by atoms with van der Waals surface area (Å²) in [5, 5.41) is 4.32. The molecule has 0 bridgehead atoms. The van der Waals surface area contributed by atoms with E-state index < -0.39 is 15.6 Å². The van der Waals surface area contributed by atoms with Gasteiger partial charge in [0.2, 0.25) is 0 Å². The Kier molecular flexibility index (Phi) is 4.64. The summed E-state index contributed by atoms with van der Waals surface area (Å²) >= 11 is 0. The van der Waals surface area contributed by atoms with Crippen LogP contribution in [0.3, 0.4) is 0 Å². The zero-order chi connectivity index (χ0) is 18.2. The second-order valence-electron chi connectivity index (χ2n) is 7.17. The van der Waals surface area contributed by atoms with Crippen LogP contribution in [-0.4, -0.2) is 23.8 Å². The third-order valence-electron chi connectivity index (χ3n) is 4.31. The lowest BCUT2D eigenvalue weighted by Gasteiger charge is -2.37. The molecular formula is C18H25N3O3S. The zero-order valence-corrected chi connectivity index (χ0v) is 15.9. The molecule has 6 nitrogen and oxygen atoms in total. The van der Waals surface area contributed by atoms with E-state index >= 15 is 0 Å². The van der Waals surface area contributed by atoms with Gasteiger partial charge in [-0.25, -0.2) is 13.1 Å². The molecule has 136 valence electrons. The highest BCUT2D eigenvalue weighted by Gasteiger charge is 2.36.